The van der Waals surface area contributed by atoms with Crippen molar-refractivity contribution in [2.75, 3.05) is 25.6 Å². The number of amides is 2. The van der Waals surface area contributed by atoms with Gasteiger partial charge >= 0.3 is 0 Å². The van der Waals surface area contributed by atoms with Gasteiger partial charge in [-0.05, 0) is 48.4 Å². The molecule has 2 aromatic carbocycles. The molecular weight excluding hydrogens is 381 g/mol. The number of nitrogens with zero attached hydrogens (tertiary/aromatic N) is 2. The van der Waals surface area contributed by atoms with Crippen LogP contribution in [0.4, 0.5) is 15.8 Å². The van der Waals surface area contributed by atoms with Crippen molar-refractivity contribution >= 4 is 28.8 Å². The van der Waals surface area contributed by atoms with Crippen molar-refractivity contribution in [3.8, 4) is 0 Å². The molecule has 0 saturated heterocycles. The predicted octanol–water partition coefficient (Wildman–Crippen LogP) is 2.96. The average Bonchev–Trinajstić information content (AvgIpc) is 2.94. The highest BCUT2D eigenvalue weighted by Gasteiger charge is 2.39. The molecular formula is C20H18FN3O5. The Morgan fingerprint density at radius 1 is 1.07 bits per heavy atom. The summed E-state index contributed by atoms with van der Waals surface area (Å²) in [6.07, 6.45) is 0.464. The Kier molecular flexibility index (Phi) is 5.99. The van der Waals surface area contributed by atoms with Crippen LogP contribution in [0.3, 0.4) is 0 Å². The van der Waals surface area contributed by atoms with E-state index >= 15 is 0 Å². The molecule has 2 aromatic rings. The minimum Gasteiger partial charge on any atom is -0.385 e. The van der Waals surface area contributed by atoms with Gasteiger partial charge in [-0.2, -0.15) is 0 Å². The highest BCUT2D eigenvalue weighted by Crippen LogP contribution is 2.31. The van der Waals surface area contributed by atoms with Gasteiger partial charge in [0.2, 0.25) is 0 Å². The molecule has 8 nitrogen and oxygen atoms in total. The summed E-state index contributed by atoms with van der Waals surface area (Å²) < 4.78 is 18.2. The van der Waals surface area contributed by atoms with Gasteiger partial charge in [-0.15, -0.1) is 0 Å². The van der Waals surface area contributed by atoms with Crippen LogP contribution in [-0.4, -0.2) is 41.9 Å². The first-order chi connectivity index (χ1) is 13.9. The van der Waals surface area contributed by atoms with Crippen molar-refractivity contribution in [3.63, 3.8) is 0 Å². The van der Waals surface area contributed by atoms with Crippen LogP contribution >= 0.6 is 0 Å². The summed E-state index contributed by atoms with van der Waals surface area (Å²) >= 11 is 0. The van der Waals surface area contributed by atoms with Crippen LogP contribution in [0.25, 0.3) is 5.57 Å². The van der Waals surface area contributed by atoms with Crippen molar-refractivity contribution in [2.45, 2.75) is 6.42 Å². The average molecular weight is 399 g/mol. The Morgan fingerprint density at radius 3 is 2.31 bits per heavy atom. The van der Waals surface area contributed by atoms with Gasteiger partial charge in [0.05, 0.1) is 10.5 Å². The molecule has 3 rings (SSSR count). The van der Waals surface area contributed by atoms with Gasteiger partial charge in [-0.3, -0.25) is 24.6 Å². The molecule has 0 radical (unpaired) electrons. The lowest BCUT2D eigenvalue weighted by molar-refractivity contribution is -0.384. The molecule has 0 bridgehead atoms. The zero-order valence-corrected chi connectivity index (χ0v) is 15.6. The lowest BCUT2D eigenvalue weighted by Gasteiger charge is -2.15. The van der Waals surface area contributed by atoms with Crippen LogP contribution in [0.5, 0.6) is 0 Å². The Bertz CT molecular complexity index is 971. The van der Waals surface area contributed by atoms with Gasteiger partial charge in [0.15, 0.2) is 0 Å². The molecule has 0 saturated carbocycles. The number of hydrogen-bond donors (Lipinski definition) is 1. The Morgan fingerprint density at radius 2 is 1.72 bits per heavy atom. The molecule has 0 aliphatic carbocycles. The standard InChI is InChI=1S/C20H18FN3O5/c1-29-12-2-11-23-19(25)17(13-3-9-16(10-4-13)24(27)28)18(20(23)26)22-15-7-5-14(21)6-8-15/h3-10,22H,2,11-12H2,1H3. The van der Waals surface area contributed by atoms with Crippen LogP contribution in [0.1, 0.15) is 12.0 Å². The maximum absolute atomic E-state index is 13.2. The quantitative estimate of drug-likeness (QED) is 0.317. The molecule has 1 N–H and O–H groups in total. The second kappa shape index (κ2) is 8.61. The summed E-state index contributed by atoms with van der Waals surface area (Å²) in [5.41, 5.74) is 0.809. The normalized spacial score (nSPS) is 13.9. The molecule has 0 unspecified atom stereocenters. The zero-order chi connectivity index (χ0) is 21.0. The number of carbonyl (C=O) groups excluding carboxylic acids is 2. The fraction of sp³-hybridized carbons (Fsp3) is 0.200. The molecule has 0 aromatic heterocycles. The summed E-state index contributed by atoms with van der Waals surface area (Å²) in [5, 5.41) is 13.8. The number of hydrogen-bond acceptors (Lipinski definition) is 6. The summed E-state index contributed by atoms with van der Waals surface area (Å²) in [6, 6.07) is 10.7. The van der Waals surface area contributed by atoms with Gasteiger partial charge in [0.25, 0.3) is 17.5 Å². The van der Waals surface area contributed by atoms with Gasteiger partial charge in [-0.1, -0.05) is 0 Å². The molecule has 0 atom stereocenters. The van der Waals surface area contributed by atoms with E-state index < -0.39 is 22.6 Å². The number of carbonyl (C=O) groups is 2. The van der Waals surface area contributed by atoms with E-state index in [9.17, 15) is 24.1 Å². The summed E-state index contributed by atoms with van der Waals surface area (Å²) in [4.78, 5) is 37.3. The van der Waals surface area contributed by atoms with E-state index in [0.717, 1.165) is 4.90 Å². The lowest BCUT2D eigenvalue weighted by Crippen LogP contribution is -2.33. The van der Waals surface area contributed by atoms with Crippen LogP contribution in [-0.2, 0) is 14.3 Å². The summed E-state index contributed by atoms with van der Waals surface area (Å²) in [5.74, 6) is -1.47. The number of rotatable bonds is 8. The first-order valence-corrected chi connectivity index (χ1v) is 8.79. The SMILES string of the molecule is COCCCN1C(=O)C(Nc2ccc(F)cc2)=C(c2ccc([N+](=O)[O-])cc2)C1=O. The number of nitrogens with one attached hydrogen (secondary N) is 1. The second-order valence-electron chi connectivity index (χ2n) is 6.29. The van der Waals surface area contributed by atoms with Crippen molar-refractivity contribution in [3.05, 3.63) is 75.7 Å². The van der Waals surface area contributed by atoms with E-state index in [1.165, 1.54) is 55.6 Å². The minimum atomic E-state index is -0.547. The van der Waals surface area contributed by atoms with Crippen molar-refractivity contribution < 1.29 is 23.6 Å². The first-order valence-electron chi connectivity index (χ1n) is 8.79. The first kappa shape index (κ1) is 20.2. The number of benzene rings is 2. The maximum Gasteiger partial charge on any atom is 0.278 e. The number of methoxy groups -OCH3 is 1. The monoisotopic (exact) mass is 399 g/mol. The molecule has 1 aliphatic heterocycles. The number of nitro groups is 1. The van der Waals surface area contributed by atoms with E-state index in [1.807, 2.05) is 0 Å². The molecule has 150 valence electrons. The number of ether oxygens (including phenoxy) is 1. The van der Waals surface area contributed by atoms with Gasteiger partial charge in [0, 0.05) is 38.1 Å². The Labute approximate surface area is 165 Å². The van der Waals surface area contributed by atoms with E-state index in [1.54, 1.807) is 0 Å². The third kappa shape index (κ3) is 4.30. The Balaban J connectivity index is 1.99. The fourth-order valence-corrected chi connectivity index (χ4v) is 2.96. The van der Waals surface area contributed by atoms with E-state index in [4.69, 9.17) is 4.74 Å². The highest BCUT2D eigenvalue weighted by atomic mass is 19.1. The number of non-ortho nitro benzene ring substituents is 1. The number of imide groups is 1. The summed E-state index contributed by atoms with van der Waals surface area (Å²) in [7, 11) is 1.52. The third-order valence-electron chi connectivity index (χ3n) is 4.38. The fourth-order valence-electron chi connectivity index (χ4n) is 2.96. The maximum atomic E-state index is 13.2. The van der Waals surface area contributed by atoms with Crippen LogP contribution in [0.2, 0.25) is 0 Å². The minimum absolute atomic E-state index is 0.0351. The number of halogens is 1. The van der Waals surface area contributed by atoms with Crippen LogP contribution < -0.4 is 5.32 Å². The van der Waals surface area contributed by atoms with E-state index in [-0.39, 0.29) is 23.5 Å². The lowest BCUT2D eigenvalue weighted by atomic mass is 10.0. The molecule has 9 heteroatoms. The zero-order valence-electron chi connectivity index (χ0n) is 15.6. The third-order valence-corrected chi connectivity index (χ3v) is 4.38. The van der Waals surface area contributed by atoms with Crippen LogP contribution in [0.15, 0.2) is 54.2 Å². The highest BCUT2D eigenvalue weighted by molar-refractivity contribution is 6.36. The second-order valence-corrected chi connectivity index (χ2v) is 6.29. The van der Waals surface area contributed by atoms with Crippen LogP contribution in [0, 0.1) is 15.9 Å². The van der Waals surface area contributed by atoms with Crippen molar-refractivity contribution in [1.82, 2.24) is 4.90 Å². The van der Waals surface area contributed by atoms with E-state index in [2.05, 4.69) is 5.32 Å². The molecule has 0 fully saturated rings. The molecule has 1 heterocycles. The van der Waals surface area contributed by atoms with Gasteiger partial charge in [-0.25, -0.2) is 4.39 Å². The van der Waals surface area contributed by atoms with Crippen molar-refractivity contribution in [2.24, 2.45) is 0 Å². The molecule has 29 heavy (non-hydrogen) atoms. The molecule has 0 spiro atoms. The molecule has 2 amide bonds. The summed E-state index contributed by atoms with van der Waals surface area (Å²) in [6.45, 7) is 0.543. The van der Waals surface area contributed by atoms with Gasteiger partial charge < -0.3 is 10.1 Å². The van der Waals surface area contributed by atoms with Gasteiger partial charge in [0.1, 0.15) is 11.5 Å². The number of nitro benzene ring substituents is 1. The molecule has 1 aliphatic rings. The topological polar surface area (TPSA) is 102 Å². The smallest absolute Gasteiger partial charge is 0.278 e. The largest absolute Gasteiger partial charge is 0.385 e. The number of anilines is 1. The van der Waals surface area contributed by atoms with E-state index in [0.29, 0.717) is 24.3 Å². The predicted molar refractivity (Wildman–Crippen MR) is 103 cm³/mol. The van der Waals surface area contributed by atoms with Crippen molar-refractivity contribution in [1.29, 1.82) is 0 Å². The Hall–Kier alpha value is -3.59.